The summed E-state index contributed by atoms with van der Waals surface area (Å²) < 4.78 is 5.43. The van der Waals surface area contributed by atoms with E-state index in [1.54, 1.807) is 12.1 Å². The zero-order valence-corrected chi connectivity index (χ0v) is 9.05. The van der Waals surface area contributed by atoms with Crippen LogP contribution in [0.15, 0.2) is 24.3 Å². The Hall–Kier alpha value is -1.62. The number of nitro groups is 1. The number of rotatable bonds is 3. The number of benzene rings is 1. The van der Waals surface area contributed by atoms with Crippen LogP contribution >= 0.6 is 0 Å². The lowest BCUT2D eigenvalue weighted by Gasteiger charge is -2.17. The highest BCUT2D eigenvalue weighted by molar-refractivity contribution is 5.49. The number of nitrogens with zero attached hydrogens (tertiary/aromatic N) is 1. The fourth-order valence-electron chi connectivity index (χ4n) is 1.81. The van der Waals surface area contributed by atoms with Crippen molar-refractivity contribution in [2.24, 2.45) is 0 Å². The topological polar surface area (TPSA) is 64.4 Å². The maximum absolute atomic E-state index is 10.5. The third kappa shape index (κ3) is 2.30. The lowest BCUT2D eigenvalue weighted by molar-refractivity contribution is -0.384. The van der Waals surface area contributed by atoms with Gasteiger partial charge in [-0.25, -0.2) is 0 Å². The van der Waals surface area contributed by atoms with Crippen molar-refractivity contribution in [1.29, 1.82) is 0 Å². The molecule has 0 bridgehead atoms. The molecule has 5 heteroatoms. The molecule has 0 aromatic heterocycles. The first-order valence-corrected chi connectivity index (χ1v) is 5.29. The molecular formula is C11H14N2O3. The van der Waals surface area contributed by atoms with Gasteiger partial charge in [-0.1, -0.05) is 0 Å². The number of hydrogen-bond donors (Lipinski definition) is 1. The van der Waals surface area contributed by atoms with Crippen molar-refractivity contribution in [3.63, 3.8) is 0 Å². The quantitative estimate of drug-likeness (QED) is 0.629. The zero-order valence-electron chi connectivity index (χ0n) is 9.05. The number of nitrogens with one attached hydrogen (secondary N) is 1. The molecule has 1 heterocycles. The fourth-order valence-corrected chi connectivity index (χ4v) is 1.81. The van der Waals surface area contributed by atoms with Crippen LogP contribution in [0.5, 0.6) is 0 Å². The highest BCUT2D eigenvalue weighted by Gasteiger charge is 2.23. The van der Waals surface area contributed by atoms with E-state index in [1.807, 2.05) is 6.92 Å². The van der Waals surface area contributed by atoms with E-state index in [4.69, 9.17) is 4.74 Å². The van der Waals surface area contributed by atoms with Gasteiger partial charge in [-0.15, -0.1) is 0 Å². The Balaban J connectivity index is 2.02. The average Bonchev–Trinajstić information content (AvgIpc) is 2.65. The van der Waals surface area contributed by atoms with Crippen LogP contribution in [0.1, 0.15) is 13.3 Å². The third-order valence-corrected chi connectivity index (χ3v) is 2.81. The van der Waals surface area contributed by atoms with Crippen molar-refractivity contribution >= 4 is 11.4 Å². The van der Waals surface area contributed by atoms with Crippen LogP contribution < -0.4 is 5.32 Å². The highest BCUT2D eigenvalue weighted by Crippen LogP contribution is 2.20. The van der Waals surface area contributed by atoms with Gasteiger partial charge >= 0.3 is 0 Å². The molecule has 2 rings (SSSR count). The first kappa shape index (κ1) is 10.9. The molecule has 1 aliphatic rings. The molecular weight excluding hydrogens is 208 g/mol. The maximum atomic E-state index is 10.5. The predicted octanol–water partition coefficient (Wildman–Crippen LogP) is 2.18. The number of non-ortho nitro benzene ring substituents is 1. The van der Waals surface area contributed by atoms with Gasteiger partial charge in [0, 0.05) is 24.4 Å². The summed E-state index contributed by atoms with van der Waals surface area (Å²) in [5, 5.41) is 13.8. The first-order chi connectivity index (χ1) is 7.66. The minimum absolute atomic E-state index is 0.112. The summed E-state index contributed by atoms with van der Waals surface area (Å²) in [4.78, 5) is 10.1. The van der Waals surface area contributed by atoms with Crippen molar-refractivity contribution < 1.29 is 9.66 Å². The molecule has 1 aromatic rings. The van der Waals surface area contributed by atoms with E-state index in [-0.39, 0.29) is 11.8 Å². The second kappa shape index (κ2) is 4.49. The van der Waals surface area contributed by atoms with Gasteiger partial charge in [0.15, 0.2) is 0 Å². The number of ether oxygens (including phenoxy) is 1. The van der Waals surface area contributed by atoms with E-state index in [0.29, 0.717) is 6.04 Å². The Morgan fingerprint density at radius 2 is 2.12 bits per heavy atom. The average molecular weight is 222 g/mol. The van der Waals surface area contributed by atoms with Crippen LogP contribution in [0, 0.1) is 10.1 Å². The lowest BCUT2D eigenvalue weighted by atomic mass is 10.1. The molecule has 16 heavy (non-hydrogen) atoms. The molecule has 1 saturated heterocycles. The van der Waals surface area contributed by atoms with Crippen molar-refractivity contribution in [1.82, 2.24) is 0 Å². The lowest BCUT2D eigenvalue weighted by Crippen LogP contribution is -2.26. The van der Waals surface area contributed by atoms with Gasteiger partial charge < -0.3 is 10.1 Å². The molecule has 86 valence electrons. The second-order valence-electron chi connectivity index (χ2n) is 3.92. The summed E-state index contributed by atoms with van der Waals surface area (Å²) >= 11 is 0. The third-order valence-electron chi connectivity index (χ3n) is 2.81. The predicted molar refractivity (Wildman–Crippen MR) is 60.5 cm³/mol. The number of hydrogen-bond acceptors (Lipinski definition) is 4. The Morgan fingerprint density at radius 1 is 1.44 bits per heavy atom. The van der Waals surface area contributed by atoms with E-state index in [2.05, 4.69) is 5.32 Å². The highest BCUT2D eigenvalue weighted by atomic mass is 16.6. The minimum Gasteiger partial charge on any atom is -0.380 e. The normalized spacial score (nSPS) is 24.3. The van der Waals surface area contributed by atoms with Crippen molar-refractivity contribution in [3.8, 4) is 0 Å². The van der Waals surface area contributed by atoms with Crippen LogP contribution in [0.3, 0.4) is 0 Å². The van der Waals surface area contributed by atoms with Crippen molar-refractivity contribution in [3.05, 3.63) is 34.4 Å². The largest absolute Gasteiger partial charge is 0.380 e. The van der Waals surface area contributed by atoms with Crippen LogP contribution in [-0.2, 0) is 4.74 Å². The van der Waals surface area contributed by atoms with Gasteiger partial charge in [-0.3, -0.25) is 10.1 Å². The van der Waals surface area contributed by atoms with E-state index in [9.17, 15) is 10.1 Å². The van der Waals surface area contributed by atoms with Crippen LogP contribution in [0.25, 0.3) is 0 Å². The van der Waals surface area contributed by atoms with Crippen molar-refractivity contribution in [2.45, 2.75) is 25.5 Å². The Morgan fingerprint density at radius 3 is 2.62 bits per heavy atom. The molecule has 0 amide bonds. The number of nitro benzene ring substituents is 1. The Kier molecular flexibility index (Phi) is 3.05. The maximum Gasteiger partial charge on any atom is 0.269 e. The molecule has 1 fully saturated rings. The molecule has 1 aromatic carbocycles. The summed E-state index contributed by atoms with van der Waals surface area (Å²) in [5.41, 5.74) is 1.01. The molecule has 1 N–H and O–H groups in total. The molecule has 1 aliphatic heterocycles. The standard InChI is InChI=1S/C11H14N2O3/c1-8-11(6-7-16-8)12-9-2-4-10(5-3-9)13(14)15/h2-5,8,11-12H,6-7H2,1H3. The molecule has 0 aliphatic carbocycles. The minimum atomic E-state index is -0.398. The molecule has 0 radical (unpaired) electrons. The van der Waals surface area contributed by atoms with Gasteiger partial charge in [-0.05, 0) is 25.5 Å². The van der Waals surface area contributed by atoms with Crippen LogP contribution in [0.2, 0.25) is 0 Å². The Labute approximate surface area is 93.6 Å². The van der Waals surface area contributed by atoms with Gasteiger partial charge in [0.2, 0.25) is 0 Å². The molecule has 2 unspecified atom stereocenters. The Bertz CT molecular complexity index is 377. The molecule has 0 spiro atoms. The molecule has 0 saturated carbocycles. The van der Waals surface area contributed by atoms with Crippen LogP contribution in [-0.4, -0.2) is 23.7 Å². The van der Waals surface area contributed by atoms with E-state index in [0.717, 1.165) is 18.7 Å². The summed E-state index contributed by atoms with van der Waals surface area (Å²) in [5.74, 6) is 0. The summed E-state index contributed by atoms with van der Waals surface area (Å²) in [6.07, 6.45) is 1.16. The van der Waals surface area contributed by atoms with E-state index in [1.165, 1.54) is 12.1 Å². The zero-order chi connectivity index (χ0) is 11.5. The number of anilines is 1. The fraction of sp³-hybridized carbons (Fsp3) is 0.455. The van der Waals surface area contributed by atoms with Gasteiger partial charge in [0.25, 0.3) is 5.69 Å². The van der Waals surface area contributed by atoms with Crippen molar-refractivity contribution in [2.75, 3.05) is 11.9 Å². The summed E-state index contributed by atoms with van der Waals surface area (Å²) in [6.45, 7) is 2.79. The molecule has 5 nitrogen and oxygen atoms in total. The molecule has 2 atom stereocenters. The van der Waals surface area contributed by atoms with Gasteiger partial charge in [0.1, 0.15) is 0 Å². The monoisotopic (exact) mass is 222 g/mol. The SMILES string of the molecule is CC1OCCC1Nc1ccc([N+](=O)[O-])cc1. The summed E-state index contributed by atoms with van der Waals surface area (Å²) in [6, 6.07) is 6.75. The van der Waals surface area contributed by atoms with Crippen LogP contribution in [0.4, 0.5) is 11.4 Å². The second-order valence-corrected chi connectivity index (χ2v) is 3.92. The summed E-state index contributed by atoms with van der Waals surface area (Å²) in [7, 11) is 0. The first-order valence-electron chi connectivity index (χ1n) is 5.29. The van der Waals surface area contributed by atoms with E-state index < -0.39 is 4.92 Å². The van der Waals surface area contributed by atoms with Gasteiger partial charge in [0.05, 0.1) is 17.1 Å². The van der Waals surface area contributed by atoms with Gasteiger partial charge in [-0.2, -0.15) is 0 Å². The van der Waals surface area contributed by atoms with E-state index >= 15 is 0 Å². The smallest absolute Gasteiger partial charge is 0.269 e.